The van der Waals surface area contributed by atoms with Crippen LogP contribution in [0.3, 0.4) is 0 Å². The van der Waals surface area contributed by atoms with Crippen molar-refractivity contribution in [3.63, 3.8) is 0 Å². The molecule has 0 aliphatic carbocycles. The highest BCUT2D eigenvalue weighted by molar-refractivity contribution is 7.17. The zero-order chi connectivity index (χ0) is 18.1. The van der Waals surface area contributed by atoms with Gasteiger partial charge in [-0.2, -0.15) is 24.5 Å². The van der Waals surface area contributed by atoms with E-state index in [1.54, 1.807) is 27.7 Å². The second kappa shape index (κ2) is 7.23. The third-order valence-corrected chi connectivity index (χ3v) is 5.70. The van der Waals surface area contributed by atoms with Crippen molar-refractivity contribution in [1.29, 1.82) is 0 Å². The van der Waals surface area contributed by atoms with Gasteiger partial charge in [-0.3, -0.25) is 4.79 Å². The maximum Gasteiger partial charge on any atom is 0.406 e. The molecule has 0 aromatic carbocycles. The molecule has 3 nitrogen and oxygen atoms in total. The second-order valence-corrected chi connectivity index (χ2v) is 7.76. The van der Waals surface area contributed by atoms with Crippen LogP contribution < -0.4 is 0 Å². The van der Waals surface area contributed by atoms with Gasteiger partial charge in [0.15, 0.2) is 0 Å². The highest BCUT2D eigenvalue weighted by atomic mass is 32.1. The Labute approximate surface area is 147 Å². The molecular weight excluding hydrogens is 357 g/mol. The highest BCUT2D eigenvalue weighted by Gasteiger charge is 2.37. The quantitative estimate of drug-likeness (QED) is 0.716. The van der Waals surface area contributed by atoms with Gasteiger partial charge in [0.25, 0.3) is 5.91 Å². The number of hydrogen-bond donors (Lipinski definition) is 0. The number of aromatic nitrogens is 1. The van der Waals surface area contributed by atoms with Gasteiger partial charge in [-0.05, 0) is 31.2 Å². The van der Waals surface area contributed by atoms with Crippen LogP contribution in [-0.4, -0.2) is 34.6 Å². The number of thiazole rings is 1. The minimum absolute atomic E-state index is 0.0825. The van der Waals surface area contributed by atoms with Gasteiger partial charge in [-0.1, -0.05) is 13.8 Å². The van der Waals surface area contributed by atoms with Gasteiger partial charge in [-0.15, -0.1) is 11.3 Å². The van der Waals surface area contributed by atoms with Crippen molar-refractivity contribution in [2.45, 2.75) is 39.9 Å². The average Bonchev–Trinajstić information content (AvgIpc) is 3.11. The lowest BCUT2D eigenvalue weighted by Gasteiger charge is -2.32. The lowest BCUT2D eigenvalue weighted by Crippen LogP contribution is -2.46. The van der Waals surface area contributed by atoms with E-state index in [0.717, 1.165) is 21.8 Å². The van der Waals surface area contributed by atoms with Gasteiger partial charge in [-0.25, -0.2) is 4.98 Å². The van der Waals surface area contributed by atoms with E-state index in [1.165, 1.54) is 11.3 Å². The van der Waals surface area contributed by atoms with Crippen LogP contribution in [0.1, 0.15) is 36.1 Å². The van der Waals surface area contributed by atoms with Gasteiger partial charge in [0.1, 0.15) is 16.4 Å². The fourth-order valence-electron chi connectivity index (χ4n) is 2.19. The van der Waals surface area contributed by atoms with Crippen LogP contribution in [-0.2, 0) is 0 Å². The summed E-state index contributed by atoms with van der Waals surface area (Å²) >= 11 is 2.65. The van der Waals surface area contributed by atoms with Gasteiger partial charge in [0.2, 0.25) is 0 Å². The molecule has 0 radical (unpaired) electrons. The van der Waals surface area contributed by atoms with Gasteiger partial charge < -0.3 is 4.90 Å². The van der Waals surface area contributed by atoms with Crippen molar-refractivity contribution in [3.05, 3.63) is 27.4 Å². The molecule has 8 heteroatoms. The van der Waals surface area contributed by atoms with Gasteiger partial charge >= 0.3 is 6.18 Å². The summed E-state index contributed by atoms with van der Waals surface area (Å²) in [5.74, 6) is -0.689. The van der Waals surface area contributed by atoms with Crippen molar-refractivity contribution in [3.8, 4) is 10.6 Å². The minimum Gasteiger partial charge on any atom is -0.326 e. The molecule has 0 bridgehead atoms. The molecule has 1 atom stereocenters. The van der Waals surface area contributed by atoms with E-state index in [-0.39, 0.29) is 10.8 Å². The molecule has 0 saturated heterocycles. The zero-order valence-corrected chi connectivity index (χ0v) is 15.5. The van der Waals surface area contributed by atoms with Crippen molar-refractivity contribution in [2.75, 3.05) is 6.54 Å². The molecule has 24 heavy (non-hydrogen) atoms. The molecule has 0 fully saturated rings. The number of carbonyl (C=O) groups excluding carboxylic acids is 1. The van der Waals surface area contributed by atoms with Crippen molar-refractivity contribution >= 4 is 28.6 Å². The fourth-order valence-corrected chi connectivity index (χ4v) is 3.92. The average molecular weight is 376 g/mol. The van der Waals surface area contributed by atoms with E-state index in [4.69, 9.17) is 0 Å². The van der Waals surface area contributed by atoms with Crippen LogP contribution in [0.2, 0.25) is 0 Å². The van der Waals surface area contributed by atoms with Gasteiger partial charge in [0.05, 0.1) is 5.69 Å². The van der Waals surface area contributed by atoms with Crippen LogP contribution in [0, 0.1) is 12.8 Å². The van der Waals surface area contributed by atoms with E-state index < -0.39 is 24.7 Å². The number of hydrogen-bond acceptors (Lipinski definition) is 4. The Hall–Kier alpha value is -1.41. The Morgan fingerprint density at radius 3 is 2.50 bits per heavy atom. The Kier molecular flexibility index (Phi) is 5.70. The molecule has 0 saturated carbocycles. The Morgan fingerprint density at radius 2 is 2.00 bits per heavy atom. The molecule has 132 valence electrons. The van der Waals surface area contributed by atoms with Crippen LogP contribution in [0.4, 0.5) is 13.2 Å². The summed E-state index contributed by atoms with van der Waals surface area (Å²) in [6, 6.07) is 1.35. The largest absolute Gasteiger partial charge is 0.406 e. The first-order valence-corrected chi connectivity index (χ1v) is 9.23. The lowest BCUT2D eigenvalue weighted by atomic mass is 10.0. The zero-order valence-electron chi connectivity index (χ0n) is 13.8. The van der Waals surface area contributed by atoms with Crippen molar-refractivity contribution in [2.24, 2.45) is 5.92 Å². The summed E-state index contributed by atoms with van der Waals surface area (Å²) in [5.41, 5.74) is 1.35. The van der Waals surface area contributed by atoms with Crippen molar-refractivity contribution < 1.29 is 18.0 Å². The van der Waals surface area contributed by atoms with Crippen LogP contribution in [0.25, 0.3) is 10.6 Å². The molecule has 2 aromatic rings. The Morgan fingerprint density at radius 1 is 1.33 bits per heavy atom. The first-order valence-electron chi connectivity index (χ1n) is 7.48. The lowest BCUT2D eigenvalue weighted by molar-refractivity contribution is -0.145. The number of nitrogens with zero attached hydrogens (tertiary/aromatic N) is 2. The molecule has 0 aliphatic heterocycles. The first kappa shape index (κ1) is 18.9. The maximum atomic E-state index is 12.9. The number of alkyl halides is 3. The van der Waals surface area contributed by atoms with E-state index in [9.17, 15) is 18.0 Å². The van der Waals surface area contributed by atoms with E-state index in [1.807, 2.05) is 16.8 Å². The SMILES string of the molecule is Cc1nc(-c2ccsc2)sc1C(=O)N(CC(F)(F)F)C(C)C(C)C. The smallest absolute Gasteiger partial charge is 0.326 e. The molecule has 2 heterocycles. The van der Waals surface area contributed by atoms with Crippen LogP contribution >= 0.6 is 22.7 Å². The van der Waals surface area contributed by atoms with Crippen LogP contribution in [0.15, 0.2) is 16.8 Å². The number of amides is 1. The monoisotopic (exact) mass is 376 g/mol. The second-order valence-electron chi connectivity index (χ2n) is 5.98. The molecule has 1 unspecified atom stereocenters. The molecular formula is C16H19F3N2OS2. The summed E-state index contributed by atoms with van der Waals surface area (Å²) < 4.78 is 38.8. The van der Waals surface area contributed by atoms with E-state index in [0.29, 0.717) is 10.7 Å². The third-order valence-electron chi connectivity index (χ3n) is 3.83. The number of rotatable bonds is 5. The Bertz CT molecular complexity index is 693. The summed E-state index contributed by atoms with van der Waals surface area (Å²) in [5, 5.41) is 4.45. The number of thiophene rings is 1. The maximum absolute atomic E-state index is 12.9. The minimum atomic E-state index is -4.44. The third kappa shape index (κ3) is 4.36. The normalized spacial score (nSPS) is 13.3. The van der Waals surface area contributed by atoms with E-state index >= 15 is 0 Å². The number of carbonyl (C=O) groups is 1. The van der Waals surface area contributed by atoms with Gasteiger partial charge in [0, 0.05) is 17.0 Å². The first-order chi connectivity index (χ1) is 11.1. The molecule has 0 N–H and O–H groups in total. The van der Waals surface area contributed by atoms with E-state index in [2.05, 4.69) is 4.98 Å². The number of aryl methyl sites for hydroxylation is 1. The summed E-state index contributed by atoms with van der Waals surface area (Å²) in [7, 11) is 0. The molecule has 2 rings (SSSR count). The highest BCUT2D eigenvalue weighted by Crippen LogP contribution is 2.31. The molecule has 2 aromatic heterocycles. The topological polar surface area (TPSA) is 33.2 Å². The predicted octanol–water partition coefficient (Wildman–Crippen LogP) is 5.23. The Balaban J connectivity index is 2.35. The summed E-state index contributed by atoms with van der Waals surface area (Å²) in [6.45, 7) is 5.65. The molecule has 0 aliphatic rings. The summed E-state index contributed by atoms with van der Waals surface area (Å²) in [6.07, 6.45) is -4.44. The predicted molar refractivity (Wildman–Crippen MR) is 91.6 cm³/mol. The standard InChI is InChI=1S/C16H19F3N2OS2/c1-9(2)11(4)21(8-16(17,18)19)15(22)13-10(3)20-14(24-13)12-5-6-23-7-12/h5-7,9,11H,8H2,1-4H3. The van der Waals surface area contributed by atoms with Crippen molar-refractivity contribution in [1.82, 2.24) is 9.88 Å². The molecule has 0 spiro atoms. The molecule has 1 amide bonds. The summed E-state index contributed by atoms with van der Waals surface area (Å²) in [4.78, 5) is 18.3. The van der Waals surface area contributed by atoms with Crippen LogP contribution in [0.5, 0.6) is 0 Å². The number of halogens is 3. The fraction of sp³-hybridized carbons (Fsp3) is 0.500.